The number of piperazine rings is 1. The molecule has 2 fully saturated rings. The molecule has 0 bridgehead atoms. The van der Waals surface area contributed by atoms with Gasteiger partial charge in [-0.05, 0) is 30.5 Å². The molecule has 0 aromatic heterocycles. The van der Waals surface area contributed by atoms with Crippen LogP contribution in [0.3, 0.4) is 0 Å². The Morgan fingerprint density at radius 1 is 1.35 bits per heavy atom. The maximum Gasteiger partial charge on any atom is 0.239 e. The average Bonchev–Trinajstić information content (AvgIpc) is 3.40. The maximum atomic E-state index is 12.5. The lowest BCUT2D eigenvalue weighted by Crippen LogP contribution is -2.52. The van der Waals surface area contributed by atoms with Crippen molar-refractivity contribution < 1.29 is 14.3 Å². The topological polar surface area (TPSA) is 61.9 Å². The van der Waals surface area contributed by atoms with Gasteiger partial charge in [0.25, 0.3) is 0 Å². The number of rotatable bonds is 6. The van der Waals surface area contributed by atoms with Crippen LogP contribution in [0.1, 0.15) is 18.4 Å². The normalized spacial score (nSPS) is 18.0. The average molecular weight is 317 g/mol. The quantitative estimate of drug-likeness (QED) is 0.835. The minimum atomic E-state index is -0.0715. The summed E-state index contributed by atoms with van der Waals surface area (Å²) in [6, 6.07) is 8.44. The number of carbonyl (C=O) groups excluding carboxylic acids is 2. The molecular weight excluding hydrogens is 294 g/mol. The number of nitrogens with one attached hydrogen (secondary N) is 1. The van der Waals surface area contributed by atoms with Crippen LogP contribution in [-0.4, -0.2) is 60.9 Å². The van der Waals surface area contributed by atoms with Gasteiger partial charge in [-0.25, -0.2) is 0 Å². The van der Waals surface area contributed by atoms with E-state index >= 15 is 0 Å². The van der Waals surface area contributed by atoms with E-state index in [4.69, 9.17) is 4.74 Å². The number of ether oxygens (including phenoxy) is 1. The van der Waals surface area contributed by atoms with E-state index in [0.717, 1.165) is 25.1 Å². The first-order valence-corrected chi connectivity index (χ1v) is 8.07. The van der Waals surface area contributed by atoms with E-state index in [1.165, 1.54) is 5.56 Å². The Morgan fingerprint density at radius 3 is 2.70 bits per heavy atom. The molecule has 3 rings (SSSR count). The van der Waals surface area contributed by atoms with Crippen LogP contribution in [0.15, 0.2) is 24.3 Å². The van der Waals surface area contributed by atoms with Crippen LogP contribution < -0.4 is 10.1 Å². The lowest BCUT2D eigenvalue weighted by molar-refractivity contribution is -0.139. The summed E-state index contributed by atoms with van der Waals surface area (Å²) < 4.78 is 5.18. The fourth-order valence-corrected chi connectivity index (χ4v) is 2.84. The van der Waals surface area contributed by atoms with Crippen molar-refractivity contribution >= 4 is 11.8 Å². The minimum Gasteiger partial charge on any atom is -0.497 e. The Balaban J connectivity index is 1.60. The molecule has 0 unspecified atom stereocenters. The molecule has 1 N–H and O–H groups in total. The number of hydrogen-bond acceptors (Lipinski definition) is 4. The number of nitrogens with zero attached hydrogens (tertiary/aromatic N) is 2. The number of amides is 2. The van der Waals surface area contributed by atoms with Crippen molar-refractivity contribution in [1.29, 1.82) is 0 Å². The molecule has 2 aliphatic rings. The Labute approximate surface area is 136 Å². The van der Waals surface area contributed by atoms with Crippen molar-refractivity contribution in [3.8, 4) is 5.75 Å². The summed E-state index contributed by atoms with van der Waals surface area (Å²) >= 11 is 0. The van der Waals surface area contributed by atoms with Crippen LogP contribution in [0.2, 0.25) is 0 Å². The Hall–Kier alpha value is -2.08. The van der Waals surface area contributed by atoms with E-state index in [1.54, 1.807) is 12.0 Å². The van der Waals surface area contributed by atoms with Gasteiger partial charge in [0.05, 0.1) is 20.2 Å². The molecule has 1 saturated heterocycles. The van der Waals surface area contributed by atoms with Gasteiger partial charge in [0, 0.05) is 25.7 Å². The second kappa shape index (κ2) is 7.00. The molecule has 1 saturated carbocycles. The number of methoxy groups -OCH3 is 1. The standard InChI is InChI=1S/C17H23N3O3/c1-23-15-6-2-13(3-7-15)10-20(14-4-5-14)12-17(22)19-9-8-18-16(21)11-19/h2-3,6-7,14H,4-5,8-12H2,1H3,(H,18,21). The fraction of sp³-hybridized carbons (Fsp3) is 0.529. The highest BCUT2D eigenvalue weighted by Crippen LogP contribution is 2.28. The maximum absolute atomic E-state index is 12.5. The van der Waals surface area contributed by atoms with Gasteiger partial charge in [-0.1, -0.05) is 12.1 Å². The third-order valence-corrected chi connectivity index (χ3v) is 4.34. The Bertz CT molecular complexity index is 569. The Morgan fingerprint density at radius 2 is 2.09 bits per heavy atom. The summed E-state index contributed by atoms with van der Waals surface area (Å²) in [6.45, 7) is 2.46. The van der Waals surface area contributed by atoms with Gasteiger partial charge in [-0.2, -0.15) is 0 Å². The number of carbonyl (C=O) groups is 2. The smallest absolute Gasteiger partial charge is 0.239 e. The van der Waals surface area contributed by atoms with Gasteiger partial charge in [-0.3, -0.25) is 14.5 Å². The predicted molar refractivity (Wildman–Crippen MR) is 86.0 cm³/mol. The summed E-state index contributed by atoms with van der Waals surface area (Å²) in [7, 11) is 1.65. The summed E-state index contributed by atoms with van der Waals surface area (Å²) in [5.41, 5.74) is 1.17. The molecule has 1 aliphatic heterocycles. The van der Waals surface area contributed by atoms with Crippen molar-refractivity contribution in [3.63, 3.8) is 0 Å². The third kappa shape index (κ3) is 4.22. The Kier molecular flexibility index (Phi) is 4.81. The molecule has 0 atom stereocenters. The van der Waals surface area contributed by atoms with E-state index in [-0.39, 0.29) is 18.4 Å². The van der Waals surface area contributed by atoms with E-state index in [9.17, 15) is 9.59 Å². The molecule has 1 aliphatic carbocycles. The minimum absolute atomic E-state index is 0.0419. The summed E-state index contributed by atoms with van der Waals surface area (Å²) in [5.74, 6) is 0.806. The molecule has 23 heavy (non-hydrogen) atoms. The molecular formula is C17H23N3O3. The van der Waals surface area contributed by atoms with Gasteiger partial charge in [0.15, 0.2) is 0 Å². The number of hydrogen-bond donors (Lipinski definition) is 1. The second-order valence-electron chi connectivity index (χ2n) is 6.15. The zero-order valence-electron chi connectivity index (χ0n) is 13.5. The summed E-state index contributed by atoms with van der Waals surface area (Å²) in [4.78, 5) is 27.8. The van der Waals surface area contributed by atoms with Crippen molar-refractivity contribution in [1.82, 2.24) is 15.1 Å². The molecule has 2 amide bonds. The first-order valence-electron chi connectivity index (χ1n) is 8.07. The highest BCUT2D eigenvalue weighted by atomic mass is 16.5. The highest BCUT2D eigenvalue weighted by molar-refractivity contribution is 5.86. The van der Waals surface area contributed by atoms with E-state index in [0.29, 0.717) is 25.7 Å². The van der Waals surface area contributed by atoms with E-state index in [2.05, 4.69) is 10.2 Å². The summed E-state index contributed by atoms with van der Waals surface area (Å²) in [6.07, 6.45) is 2.29. The highest BCUT2D eigenvalue weighted by Gasteiger charge is 2.32. The van der Waals surface area contributed by atoms with Crippen molar-refractivity contribution in [2.45, 2.75) is 25.4 Å². The zero-order valence-corrected chi connectivity index (χ0v) is 13.5. The van der Waals surface area contributed by atoms with Crippen molar-refractivity contribution in [3.05, 3.63) is 29.8 Å². The van der Waals surface area contributed by atoms with Gasteiger partial charge in [0.1, 0.15) is 5.75 Å². The molecule has 124 valence electrons. The summed E-state index contributed by atoms with van der Waals surface area (Å²) in [5, 5.41) is 2.75. The molecule has 1 heterocycles. The van der Waals surface area contributed by atoms with Crippen molar-refractivity contribution in [2.24, 2.45) is 0 Å². The monoisotopic (exact) mass is 317 g/mol. The van der Waals surface area contributed by atoms with E-state index in [1.807, 2.05) is 24.3 Å². The van der Waals surface area contributed by atoms with Crippen LogP contribution in [0.5, 0.6) is 5.75 Å². The largest absolute Gasteiger partial charge is 0.497 e. The van der Waals surface area contributed by atoms with Crippen molar-refractivity contribution in [2.75, 3.05) is 33.3 Å². The number of benzene rings is 1. The zero-order chi connectivity index (χ0) is 16.2. The van der Waals surface area contributed by atoms with Crippen LogP contribution in [0.25, 0.3) is 0 Å². The molecule has 0 spiro atoms. The third-order valence-electron chi connectivity index (χ3n) is 4.34. The SMILES string of the molecule is COc1ccc(CN(CC(=O)N2CCNC(=O)C2)C2CC2)cc1. The van der Waals surface area contributed by atoms with Gasteiger partial charge in [-0.15, -0.1) is 0 Å². The fourth-order valence-electron chi connectivity index (χ4n) is 2.84. The lowest BCUT2D eigenvalue weighted by Gasteiger charge is -2.30. The van der Waals surface area contributed by atoms with Gasteiger partial charge >= 0.3 is 0 Å². The van der Waals surface area contributed by atoms with Gasteiger partial charge < -0.3 is 15.0 Å². The predicted octanol–water partition coefficient (Wildman–Crippen LogP) is 0.618. The molecule has 1 aromatic carbocycles. The van der Waals surface area contributed by atoms with Crippen LogP contribution in [0, 0.1) is 0 Å². The van der Waals surface area contributed by atoms with Crippen LogP contribution >= 0.6 is 0 Å². The second-order valence-corrected chi connectivity index (χ2v) is 6.15. The molecule has 0 radical (unpaired) electrons. The van der Waals surface area contributed by atoms with Crippen LogP contribution in [-0.2, 0) is 16.1 Å². The first-order chi connectivity index (χ1) is 11.2. The molecule has 6 nitrogen and oxygen atoms in total. The molecule has 1 aromatic rings. The van der Waals surface area contributed by atoms with Gasteiger partial charge in [0.2, 0.25) is 11.8 Å². The lowest BCUT2D eigenvalue weighted by atomic mass is 10.2. The van der Waals surface area contributed by atoms with E-state index < -0.39 is 0 Å². The first kappa shape index (κ1) is 15.8. The molecule has 6 heteroatoms. The van der Waals surface area contributed by atoms with Crippen LogP contribution in [0.4, 0.5) is 0 Å².